The third kappa shape index (κ3) is 7.88. The molecule has 1 aromatic heterocycles. The van der Waals surface area contributed by atoms with Crippen LogP contribution >= 0.6 is 0 Å². The second-order valence-corrected chi connectivity index (χ2v) is 2.95. The van der Waals surface area contributed by atoms with Gasteiger partial charge in [0.15, 0.2) is 0 Å². The number of hydrogen-bond acceptors (Lipinski definition) is 3. The van der Waals surface area contributed by atoms with Gasteiger partial charge in [0.2, 0.25) is 0 Å². The van der Waals surface area contributed by atoms with E-state index in [2.05, 4.69) is 9.97 Å². The fourth-order valence-corrected chi connectivity index (χ4v) is 1.00. The summed E-state index contributed by atoms with van der Waals surface area (Å²) in [4.78, 5) is 27.2. The van der Waals surface area contributed by atoms with Crippen molar-refractivity contribution in [3.05, 3.63) is 54.1 Å². The maximum absolute atomic E-state index is 10.4. The van der Waals surface area contributed by atoms with Gasteiger partial charge < -0.3 is 22.1 Å². The van der Waals surface area contributed by atoms with Crippen LogP contribution in [-0.4, -0.2) is 37.6 Å². The number of hydrogen-bond donors (Lipinski definition) is 3. The number of carboxylic acid groups (broad SMARTS) is 2. The Kier molecular flexibility index (Phi) is 11.6. The van der Waals surface area contributed by atoms with E-state index in [1.807, 2.05) is 0 Å². The van der Waals surface area contributed by atoms with Gasteiger partial charge in [0, 0.05) is 12.4 Å². The normalized spacial score (nSPS) is 8.00. The van der Waals surface area contributed by atoms with Crippen molar-refractivity contribution in [3.63, 3.8) is 0 Å². The monoisotopic (exact) mass is 292 g/mol. The van der Waals surface area contributed by atoms with Crippen LogP contribution in [0.5, 0.6) is 0 Å². The summed E-state index contributed by atoms with van der Waals surface area (Å²) in [6.07, 6.45) is 5.08. The van der Waals surface area contributed by atoms with Gasteiger partial charge in [-0.25, -0.2) is 14.6 Å². The van der Waals surface area contributed by atoms with Crippen LogP contribution in [0.1, 0.15) is 22.1 Å². The van der Waals surface area contributed by atoms with E-state index in [0.29, 0.717) is 0 Å². The van der Waals surface area contributed by atoms with Gasteiger partial charge in [0.25, 0.3) is 0 Å². The van der Waals surface area contributed by atoms with Crippen LogP contribution < -0.4 is 51.4 Å². The van der Waals surface area contributed by atoms with Gasteiger partial charge in [-0.3, -0.25) is 0 Å². The minimum atomic E-state index is -1.13. The van der Waals surface area contributed by atoms with Crippen molar-refractivity contribution in [1.82, 2.24) is 9.97 Å². The Hall–Kier alpha value is -1.03. The smallest absolute Gasteiger partial charge is 1.00 e. The molecular weight excluding hydrogens is 279 g/mol. The summed E-state index contributed by atoms with van der Waals surface area (Å²) in [6.45, 7) is 0. The summed E-state index contributed by atoms with van der Waals surface area (Å²) in [5.74, 6) is -2.25. The van der Waals surface area contributed by atoms with Crippen molar-refractivity contribution in [2.24, 2.45) is 0 Å². The molecule has 98 valence electrons. The first-order valence-corrected chi connectivity index (χ1v) is 4.60. The van der Waals surface area contributed by atoms with E-state index in [0.717, 1.165) is 6.07 Å². The van der Waals surface area contributed by atoms with E-state index in [4.69, 9.17) is 10.2 Å². The van der Waals surface area contributed by atoms with Crippen LogP contribution in [0.3, 0.4) is 0 Å². The molecule has 0 spiro atoms. The molecular formula is C11H13KN2O5. The molecule has 0 aliphatic rings. The molecule has 0 unspecified atom stereocenters. The third-order valence-electron chi connectivity index (χ3n) is 1.76. The topological polar surface area (TPSA) is 135 Å². The van der Waals surface area contributed by atoms with E-state index < -0.39 is 11.9 Å². The first-order chi connectivity index (χ1) is 8.11. The summed E-state index contributed by atoms with van der Waals surface area (Å²) in [5, 5.41) is 17.0. The summed E-state index contributed by atoms with van der Waals surface area (Å²) >= 11 is 0. The number of carbonyl (C=O) groups is 2. The van der Waals surface area contributed by atoms with Crippen molar-refractivity contribution in [3.8, 4) is 0 Å². The van der Waals surface area contributed by atoms with Crippen molar-refractivity contribution >= 4 is 11.9 Å². The summed E-state index contributed by atoms with van der Waals surface area (Å²) in [6, 6.07) is 5.20. The van der Waals surface area contributed by atoms with Gasteiger partial charge in [0.05, 0.1) is 17.5 Å². The van der Waals surface area contributed by atoms with Crippen LogP contribution in [0.4, 0.5) is 0 Å². The van der Waals surface area contributed by atoms with E-state index in [9.17, 15) is 9.59 Å². The molecule has 0 atom stereocenters. The number of benzene rings is 1. The van der Waals surface area contributed by atoms with Crippen molar-refractivity contribution < 1.29 is 78.1 Å². The van der Waals surface area contributed by atoms with Crippen LogP contribution in [0.15, 0.2) is 43.0 Å². The number of aromatic amines is 1. The van der Waals surface area contributed by atoms with Crippen molar-refractivity contribution in [1.29, 1.82) is 0 Å². The standard InChI is InChI=1S/C8H6O4.C3H4N2.K.H2O.H/c9-7(10)5-2-1-3-6(4-5)8(11)12;1-2-5-3-4-1;;;/h1-4H,(H,9,10)(H,11,12);1-3H,(H,4,5);;1H2;/q;;+1;;-1. The number of aromatic nitrogens is 2. The number of nitrogens with zero attached hydrogens (tertiary/aromatic N) is 1. The quantitative estimate of drug-likeness (QED) is 0.539. The molecule has 8 heteroatoms. The van der Waals surface area contributed by atoms with Gasteiger partial charge >= 0.3 is 63.3 Å². The van der Waals surface area contributed by atoms with Crippen LogP contribution in [0.25, 0.3) is 0 Å². The van der Waals surface area contributed by atoms with E-state index in [1.54, 1.807) is 18.7 Å². The maximum atomic E-state index is 10.4. The molecule has 7 nitrogen and oxygen atoms in total. The molecule has 0 bridgehead atoms. The minimum Gasteiger partial charge on any atom is -1.00 e. The molecule has 0 amide bonds. The van der Waals surface area contributed by atoms with Gasteiger partial charge in [0.1, 0.15) is 0 Å². The van der Waals surface area contributed by atoms with Gasteiger partial charge in [-0.05, 0) is 18.2 Å². The Bertz CT molecular complexity index is 461. The summed E-state index contributed by atoms with van der Waals surface area (Å²) in [7, 11) is 0. The molecule has 5 N–H and O–H groups in total. The molecule has 1 aromatic carbocycles. The molecule has 2 rings (SSSR count). The van der Waals surface area contributed by atoms with Gasteiger partial charge in [-0.1, -0.05) is 6.07 Å². The molecule has 0 fully saturated rings. The Morgan fingerprint density at radius 1 is 1.16 bits per heavy atom. The second-order valence-electron chi connectivity index (χ2n) is 2.95. The Morgan fingerprint density at radius 3 is 1.95 bits per heavy atom. The first-order valence-electron chi connectivity index (χ1n) is 4.60. The zero-order chi connectivity index (χ0) is 12.7. The van der Waals surface area contributed by atoms with E-state index >= 15 is 0 Å². The number of aromatic carboxylic acids is 2. The summed E-state index contributed by atoms with van der Waals surface area (Å²) in [5.41, 5.74) is -0.0372. The zero-order valence-corrected chi connectivity index (χ0v) is 13.3. The van der Waals surface area contributed by atoms with Gasteiger partial charge in [-0.15, -0.1) is 0 Å². The number of imidazole rings is 1. The molecule has 0 saturated heterocycles. The largest absolute Gasteiger partial charge is 1.00 e. The zero-order valence-electron chi connectivity index (χ0n) is 11.2. The molecule has 0 saturated carbocycles. The van der Waals surface area contributed by atoms with E-state index in [-0.39, 0.29) is 69.4 Å². The average Bonchev–Trinajstić information content (AvgIpc) is 2.87. The molecule has 0 aliphatic carbocycles. The SMILES string of the molecule is O.O=C(O)c1cccc(C(=O)O)c1.[H-].[K+].c1c[nH]cn1. The second kappa shape index (κ2) is 10.8. The minimum absolute atomic E-state index is 0. The predicted molar refractivity (Wildman–Crippen MR) is 63.7 cm³/mol. The fraction of sp³-hybridized carbons (Fsp3) is 0. The number of carboxylic acids is 2. The fourth-order valence-electron chi connectivity index (χ4n) is 1.00. The average molecular weight is 292 g/mol. The van der Waals surface area contributed by atoms with Crippen molar-refractivity contribution in [2.45, 2.75) is 0 Å². The predicted octanol–water partition coefficient (Wildman–Crippen LogP) is -2.22. The summed E-state index contributed by atoms with van der Waals surface area (Å²) < 4.78 is 0. The van der Waals surface area contributed by atoms with E-state index in [1.165, 1.54) is 18.2 Å². The maximum Gasteiger partial charge on any atom is 1.00 e. The Balaban J connectivity index is -0.000000312. The van der Waals surface area contributed by atoms with Crippen LogP contribution in [0, 0.1) is 0 Å². The molecule has 0 radical (unpaired) electrons. The molecule has 0 aliphatic heterocycles. The molecule has 19 heavy (non-hydrogen) atoms. The third-order valence-corrected chi connectivity index (χ3v) is 1.76. The number of H-pyrrole nitrogens is 1. The van der Waals surface area contributed by atoms with Crippen LogP contribution in [0.2, 0.25) is 0 Å². The molecule has 1 heterocycles. The Morgan fingerprint density at radius 2 is 1.68 bits per heavy atom. The Labute approximate surface area is 152 Å². The van der Waals surface area contributed by atoms with Crippen molar-refractivity contribution in [2.75, 3.05) is 0 Å². The van der Waals surface area contributed by atoms with Gasteiger partial charge in [-0.2, -0.15) is 0 Å². The number of nitrogens with one attached hydrogen (secondary N) is 1. The first kappa shape index (κ1) is 20.3. The van der Waals surface area contributed by atoms with Crippen LogP contribution in [-0.2, 0) is 0 Å². The number of rotatable bonds is 2. The molecule has 2 aromatic rings.